The number of aromatic amines is 1. The number of hydrogen-bond acceptors (Lipinski definition) is 3. The standard InChI is InChI=1S/C12H8IN3O/c13-12-10-2-1-9(7-11(10)15-16-12)17-8-3-5-14-6-4-8/h1-7H,(H,15,16). The summed E-state index contributed by atoms with van der Waals surface area (Å²) in [5.41, 5.74) is 0.904. The first kappa shape index (κ1) is 10.5. The number of nitrogens with one attached hydrogen (secondary N) is 1. The second kappa shape index (κ2) is 4.33. The lowest BCUT2D eigenvalue weighted by Crippen LogP contribution is -1.84. The molecule has 0 aliphatic carbocycles. The topological polar surface area (TPSA) is 50.8 Å². The van der Waals surface area contributed by atoms with E-state index in [2.05, 4.69) is 37.8 Å². The van der Waals surface area contributed by atoms with Crippen LogP contribution in [0.4, 0.5) is 0 Å². The Balaban J connectivity index is 1.96. The molecule has 0 radical (unpaired) electrons. The van der Waals surface area contributed by atoms with Crippen molar-refractivity contribution in [3.05, 3.63) is 46.4 Å². The van der Waals surface area contributed by atoms with Crippen molar-refractivity contribution in [1.82, 2.24) is 15.2 Å². The molecule has 0 aliphatic heterocycles. The van der Waals surface area contributed by atoms with Gasteiger partial charge in [-0.1, -0.05) is 0 Å². The van der Waals surface area contributed by atoms with E-state index in [4.69, 9.17) is 4.74 Å². The summed E-state index contributed by atoms with van der Waals surface area (Å²) in [6.07, 6.45) is 3.40. The molecule has 3 rings (SSSR count). The van der Waals surface area contributed by atoms with Gasteiger partial charge >= 0.3 is 0 Å². The van der Waals surface area contributed by atoms with E-state index in [9.17, 15) is 0 Å². The van der Waals surface area contributed by atoms with Gasteiger partial charge in [-0.3, -0.25) is 10.1 Å². The van der Waals surface area contributed by atoms with Crippen molar-refractivity contribution in [1.29, 1.82) is 0 Å². The summed E-state index contributed by atoms with van der Waals surface area (Å²) in [5, 5.41) is 8.24. The Morgan fingerprint density at radius 1 is 1.06 bits per heavy atom. The molecule has 2 aromatic heterocycles. The van der Waals surface area contributed by atoms with Crippen molar-refractivity contribution in [3.63, 3.8) is 0 Å². The Labute approximate surface area is 111 Å². The van der Waals surface area contributed by atoms with Crippen molar-refractivity contribution in [3.8, 4) is 11.5 Å². The quantitative estimate of drug-likeness (QED) is 0.730. The van der Waals surface area contributed by atoms with Crippen molar-refractivity contribution in [2.45, 2.75) is 0 Å². The highest BCUT2D eigenvalue weighted by molar-refractivity contribution is 14.1. The lowest BCUT2D eigenvalue weighted by Gasteiger charge is -2.04. The molecule has 17 heavy (non-hydrogen) atoms. The fraction of sp³-hybridized carbons (Fsp3) is 0. The molecule has 0 saturated heterocycles. The van der Waals surface area contributed by atoms with E-state index in [0.717, 1.165) is 26.1 Å². The molecule has 1 N–H and O–H groups in total. The van der Waals surface area contributed by atoms with E-state index >= 15 is 0 Å². The van der Waals surface area contributed by atoms with E-state index in [1.54, 1.807) is 12.4 Å². The maximum absolute atomic E-state index is 5.70. The number of fused-ring (bicyclic) bond motifs is 1. The zero-order chi connectivity index (χ0) is 11.7. The fourth-order valence-corrected chi connectivity index (χ4v) is 2.14. The summed E-state index contributed by atoms with van der Waals surface area (Å²) in [5.74, 6) is 1.54. The third kappa shape index (κ3) is 2.10. The summed E-state index contributed by atoms with van der Waals surface area (Å²) >= 11 is 2.22. The zero-order valence-electron chi connectivity index (χ0n) is 8.72. The van der Waals surface area contributed by atoms with E-state index < -0.39 is 0 Å². The monoisotopic (exact) mass is 337 g/mol. The Morgan fingerprint density at radius 2 is 1.88 bits per heavy atom. The Hall–Kier alpha value is -1.63. The van der Waals surface area contributed by atoms with Crippen LogP contribution in [0.25, 0.3) is 10.9 Å². The lowest BCUT2D eigenvalue weighted by molar-refractivity contribution is 0.482. The number of halogens is 1. The summed E-state index contributed by atoms with van der Waals surface area (Å²) in [6, 6.07) is 9.48. The highest BCUT2D eigenvalue weighted by Gasteiger charge is 2.04. The van der Waals surface area contributed by atoms with Gasteiger partial charge in [0.25, 0.3) is 0 Å². The minimum absolute atomic E-state index is 0.768. The van der Waals surface area contributed by atoms with E-state index in [1.807, 2.05) is 30.3 Å². The van der Waals surface area contributed by atoms with Crippen molar-refractivity contribution < 1.29 is 4.74 Å². The Kier molecular flexibility index (Phi) is 2.68. The van der Waals surface area contributed by atoms with Crippen molar-refractivity contribution in [2.75, 3.05) is 0 Å². The number of H-pyrrole nitrogens is 1. The molecule has 0 bridgehead atoms. The van der Waals surface area contributed by atoms with Crippen LogP contribution in [0.15, 0.2) is 42.7 Å². The van der Waals surface area contributed by atoms with E-state index in [-0.39, 0.29) is 0 Å². The van der Waals surface area contributed by atoms with Gasteiger partial charge in [-0.05, 0) is 46.9 Å². The number of ether oxygens (including phenoxy) is 1. The van der Waals surface area contributed by atoms with Crippen LogP contribution in [-0.4, -0.2) is 15.2 Å². The maximum atomic E-state index is 5.70. The number of hydrogen-bond donors (Lipinski definition) is 1. The molecule has 84 valence electrons. The highest BCUT2D eigenvalue weighted by atomic mass is 127. The van der Waals surface area contributed by atoms with Crippen LogP contribution in [0.3, 0.4) is 0 Å². The fourth-order valence-electron chi connectivity index (χ4n) is 1.56. The van der Waals surface area contributed by atoms with Crippen LogP contribution in [-0.2, 0) is 0 Å². The summed E-state index contributed by atoms with van der Waals surface area (Å²) < 4.78 is 6.73. The van der Waals surface area contributed by atoms with Crippen LogP contribution in [0.5, 0.6) is 11.5 Å². The number of pyridine rings is 1. The van der Waals surface area contributed by atoms with Gasteiger partial charge in [-0.2, -0.15) is 5.10 Å². The van der Waals surface area contributed by atoms with Gasteiger partial charge in [-0.15, -0.1) is 0 Å². The van der Waals surface area contributed by atoms with Crippen molar-refractivity contribution >= 4 is 33.5 Å². The molecule has 0 fully saturated rings. The summed E-state index contributed by atoms with van der Waals surface area (Å²) in [4.78, 5) is 3.94. The number of aromatic nitrogens is 3. The second-order valence-corrected chi connectivity index (χ2v) is 4.58. The molecule has 4 nitrogen and oxygen atoms in total. The third-order valence-electron chi connectivity index (χ3n) is 2.37. The molecule has 0 atom stereocenters. The summed E-state index contributed by atoms with van der Waals surface area (Å²) in [7, 11) is 0. The van der Waals surface area contributed by atoms with Crippen LogP contribution in [0.2, 0.25) is 0 Å². The first-order valence-electron chi connectivity index (χ1n) is 5.04. The van der Waals surface area contributed by atoms with Gasteiger partial charge in [0, 0.05) is 23.8 Å². The van der Waals surface area contributed by atoms with E-state index in [0.29, 0.717) is 0 Å². The third-order valence-corrected chi connectivity index (χ3v) is 3.19. The predicted octanol–water partition coefficient (Wildman–Crippen LogP) is 3.35. The largest absolute Gasteiger partial charge is 0.457 e. The SMILES string of the molecule is Ic1[nH]nc2cc(Oc3ccncc3)ccc12. The predicted molar refractivity (Wildman–Crippen MR) is 73.1 cm³/mol. The van der Waals surface area contributed by atoms with Gasteiger partial charge in [-0.25, -0.2) is 0 Å². The molecule has 0 unspecified atom stereocenters. The highest BCUT2D eigenvalue weighted by Crippen LogP contribution is 2.26. The van der Waals surface area contributed by atoms with Gasteiger partial charge in [0.1, 0.15) is 15.2 Å². The zero-order valence-corrected chi connectivity index (χ0v) is 10.9. The molecule has 3 aromatic rings. The first-order valence-corrected chi connectivity index (χ1v) is 6.12. The van der Waals surface area contributed by atoms with E-state index in [1.165, 1.54) is 0 Å². The first-order chi connectivity index (χ1) is 8.33. The average molecular weight is 337 g/mol. The van der Waals surface area contributed by atoms with Crippen LogP contribution < -0.4 is 4.74 Å². The molecular formula is C12H8IN3O. The second-order valence-electron chi connectivity index (χ2n) is 3.50. The lowest BCUT2D eigenvalue weighted by atomic mass is 10.2. The molecule has 5 heteroatoms. The van der Waals surface area contributed by atoms with Gasteiger partial charge in [0.2, 0.25) is 0 Å². The number of nitrogens with zero attached hydrogens (tertiary/aromatic N) is 2. The van der Waals surface area contributed by atoms with Crippen LogP contribution >= 0.6 is 22.6 Å². The van der Waals surface area contributed by atoms with Crippen LogP contribution in [0, 0.1) is 3.70 Å². The molecule has 0 amide bonds. The van der Waals surface area contributed by atoms with Crippen LogP contribution in [0.1, 0.15) is 0 Å². The van der Waals surface area contributed by atoms with Gasteiger partial charge < -0.3 is 4.74 Å². The number of rotatable bonds is 2. The Morgan fingerprint density at radius 3 is 2.71 bits per heavy atom. The van der Waals surface area contributed by atoms with Gasteiger partial charge in [0.05, 0.1) is 5.52 Å². The van der Waals surface area contributed by atoms with Gasteiger partial charge in [0.15, 0.2) is 0 Å². The summed E-state index contributed by atoms with van der Waals surface area (Å²) in [6.45, 7) is 0. The molecular weight excluding hydrogens is 329 g/mol. The minimum Gasteiger partial charge on any atom is -0.457 e. The van der Waals surface area contributed by atoms with Crippen molar-refractivity contribution in [2.24, 2.45) is 0 Å². The average Bonchev–Trinajstić information content (AvgIpc) is 2.72. The Bertz CT molecular complexity index is 651. The number of benzene rings is 1. The molecule has 2 heterocycles. The minimum atomic E-state index is 0.768. The molecule has 0 aliphatic rings. The molecule has 1 aromatic carbocycles. The maximum Gasteiger partial charge on any atom is 0.130 e. The normalized spacial score (nSPS) is 10.6. The molecule has 0 saturated carbocycles. The smallest absolute Gasteiger partial charge is 0.130 e. The molecule has 0 spiro atoms.